The molecule has 0 amide bonds. The lowest BCUT2D eigenvalue weighted by Crippen LogP contribution is -2.01. The van der Waals surface area contributed by atoms with Crippen molar-refractivity contribution in [2.45, 2.75) is 57.9 Å². The van der Waals surface area contributed by atoms with Gasteiger partial charge in [0, 0.05) is 42.0 Å². The van der Waals surface area contributed by atoms with Gasteiger partial charge in [-0.2, -0.15) is 22.7 Å². The van der Waals surface area contributed by atoms with Crippen LogP contribution in [0.25, 0.3) is 10.4 Å². The molecule has 0 unspecified atom stereocenters. The number of aromatic nitrogens is 7. The number of imidazole rings is 2. The monoisotopic (exact) mass is 676 g/mol. The van der Waals surface area contributed by atoms with Crippen LogP contribution in [-0.4, -0.2) is 41.5 Å². The number of hydrogen-bond acceptors (Lipinski definition) is 9. The van der Waals surface area contributed by atoms with Gasteiger partial charge in [-0.05, 0) is 95.3 Å². The summed E-state index contributed by atoms with van der Waals surface area (Å²) in [6, 6.07) is 4.19. The average Bonchev–Trinajstić information content (AvgIpc) is 3.82. The van der Waals surface area contributed by atoms with Crippen LogP contribution >= 0.6 is 47.5 Å². The van der Waals surface area contributed by atoms with Gasteiger partial charge in [0.25, 0.3) is 0 Å². The highest BCUT2D eigenvalue weighted by molar-refractivity contribution is 7.08. The first-order valence-electron chi connectivity index (χ1n) is 13.5. The van der Waals surface area contributed by atoms with Crippen molar-refractivity contribution in [3.05, 3.63) is 90.9 Å². The molecule has 16 heteroatoms. The summed E-state index contributed by atoms with van der Waals surface area (Å²) in [7, 11) is 0. The number of nitrogens with one attached hydrogen (secondary N) is 2. The first-order chi connectivity index (χ1) is 20.6. The molecular formula is C28H38Cl2N12S2. The van der Waals surface area contributed by atoms with Crippen LogP contribution in [-0.2, 0) is 38.6 Å². The van der Waals surface area contributed by atoms with E-state index in [-0.39, 0.29) is 24.8 Å². The lowest BCUT2D eigenvalue weighted by molar-refractivity contribution is 0.589. The fourth-order valence-corrected chi connectivity index (χ4v) is 5.15. The second kappa shape index (κ2) is 22.5. The molecule has 0 aliphatic rings. The highest BCUT2D eigenvalue weighted by atomic mass is 35.5. The van der Waals surface area contributed by atoms with Crippen molar-refractivity contribution in [1.82, 2.24) is 34.9 Å². The van der Waals surface area contributed by atoms with Crippen molar-refractivity contribution in [1.29, 1.82) is 0 Å². The maximum Gasteiger partial charge on any atom is 0.197 e. The van der Waals surface area contributed by atoms with Crippen molar-refractivity contribution >= 4 is 59.4 Å². The third kappa shape index (κ3) is 15.5. The van der Waals surface area contributed by atoms with E-state index >= 15 is 0 Å². The zero-order valence-corrected chi connectivity index (χ0v) is 27.5. The zero-order valence-electron chi connectivity index (χ0n) is 24.2. The molecule has 0 spiro atoms. The molecule has 5 rings (SSSR count). The molecule has 12 nitrogen and oxygen atoms in total. The number of rotatable bonds is 13. The lowest BCUT2D eigenvalue weighted by Gasteiger charge is -1.98. The number of azide groups is 1. The van der Waals surface area contributed by atoms with Crippen LogP contribution in [0.15, 0.2) is 57.4 Å². The molecule has 0 bridgehead atoms. The Morgan fingerprint density at radius 1 is 0.909 bits per heavy atom. The fraction of sp³-hybridized carbons (Fsp3) is 0.357. The van der Waals surface area contributed by atoms with Crippen LogP contribution in [0.4, 0.5) is 11.9 Å². The molecule has 0 fully saturated rings. The Labute approximate surface area is 277 Å². The van der Waals surface area contributed by atoms with Gasteiger partial charge in [0.15, 0.2) is 11.9 Å². The van der Waals surface area contributed by atoms with Crippen molar-refractivity contribution in [2.24, 2.45) is 5.11 Å². The number of H-pyrrole nitrogens is 2. The van der Waals surface area contributed by atoms with E-state index in [1.807, 2.05) is 22.3 Å². The Kier molecular flexibility index (Phi) is 19.5. The lowest BCUT2D eigenvalue weighted by atomic mass is 10.2. The fourth-order valence-electron chi connectivity index (χ4n) is 3.75. The van der Waals surface area contributed by atoms with E-state index < -0.39 is 0 Å². The molecule has 0 atom stereocenters. The number of unbranched alkanes of at least 4 members (excludes halogenated alkanes) is 1. The standard InChI is InChI=1S/C14H18N6S.C8H11N3.C6H7N3S.2ClH/c15-14-16-8-12(17-14)2-1-3-13-9-20(19-18-13)6-4-11-5-7-21-10-11;1-2-3-4-5-7-6-10-8(9)11-7;7-9-8-3-1-6-2-4-10-5-6;;/h5,7-10H,1-4,6H2,(H3,15,16,17);1,6H,3-5H2,(H3,9,10,11);2,4-5H,1,3H2;2*1H. The summed E-state index contributed by atoms with van der Waals surface area (Å²) in [5.74, 6) is 3.53. The molecule has 5 aromatic heterocycles. The second-order valence-corrected chi connectivity index (χ2v) is 10.7. The molecule has 0 saturated heterocycles. The van der Waals surface area contributed by atoms with E-state index in [0.717, 1.165) is 75.0 Å². The minimum atomic E-state index is 0. The molecule has 0 saturated carbocycles. The molecule has 236 valence electrons. The summed E-state index contributed by atoms with van der Waals surface area (Å²) in [6.45, 7) is 1.44. The Morgan fingerprint density at radius 3 is 2.05 bits per heavy atom. The molecule has 5 aromatic rings. The number of nitrogen functional groups attached to an aromatic ring is 2. The van der Waals surface area contributed by atoms with Crippen molar-refractivity contribution in [3.63, 3.8) is 0 Å². The van der Waals surface area contributed by atoms with Crippen LogP contribution in [0.2, 0.25) is 0 Å². The number of nitrogens with zero attached hydrogens (tertiary/aromatic N) is 8. The smallest absolute Gasteiger partial charge is 0.197 e. The molecule has 6 N–H and O–H groups in total. The SMILES string of the molecule is C#CCCCc1cnc(N)[nH]1.Cl.Cl.Nc1ncc(CCCc2cn(CCc3ccsc3)nn2)[nH]1.[N-]=[N+]=NCCc1ccsc1. The van der Waals surface area contributed by atoms with E-state index in [9.17, 15) is 0 Å². The number of aryl methyl sites for hydroxylation is 5. The summed E-state index contributed by atoms with van der Waals surface area (Å²) in [5.41, 5.74) is 24.6. The molecule has 0 aliphatic carbocycles. The van der Waals surface area contributed by atoms with Gasteiger partial charge in [-0.1, -0.05) is 10.3 Å². The van der Waals surface area contributed by atoms with Gasteiger partial charge in [0.05, 0.1) is 18.1 Å². The minimum Gasteiger partial charge on any atom is -0.369 e. The predicted octanol–water partition coefficient (Wildman–Crippen LogP) is 6.46. The summed E-state index contributed by atoms with van der Waals surface area (Å²) in [5, 5.41) is 20.2. The topological polar surface area (TPSA) is 189 Å². The summed E-state index contributed by atoms with van der Waals surface area (Å²) >= 11 is 3.39. The Balaban J connectivity index is 0.000000358. The number of nitrogens with two attached hydrogens (primary N) is 2. The maximum atomic E-state index is 7.96. The molecule has 44 heavy (non-hydrogen) atoms. The van der Waals surface area contributed by atoms with Gasteiger partial charge in [0.2, 0.25) is 0 Å². The Morgan fingerprint density at radius 2 is 1.52 bits per heavy atom. The summed E-state index contributed by atoms with van der Waals surface area (Å²) in [4.78, 5) is 16.5. The third-order valence-corrected chi connectivity index (χ3v) is 7.35. The van der Waals surface area contributed by atoms with E-state index in [0.29, 0.717) is 18.4 Å². The molecule has 0 radical (unpaired) electrons. The van der Waals surface area contributed by atoms with Gasteiger partial charge in [-0.3, -0.25) is 4.68 Å². The van der Waals surface area contributed by atoms with Crippen LogP contribution < -0.4 is 11.5 Å². The summed E-state index contributed by atoms with van der Waals surface area (Å²) in [6.07, 6.45) is 18.1. The van der Waals surface area contributed by atoms with Gasteiger partial charge in [-0.15, -0.1) is 42.3 Å². The number of aromatic amines is 2. The van der Waals surface area contributed by atoms with E-state index in [4.69, 9.17) is 23.4 Å². The van der Waals surface area contributed by atoms with Crippen molar-refractivity contribution < 1.29 is 0 Å². The number of thiophene rings is 2. The van der Waals surface area contributed by atoms with Gasteiger partial charge in [-0.25, -0.2) is 9.97 Å². The maximum absolute atomic E-state index is 7.96. The molecule has 5 heterocycles. The van der Waals surface area contributed by atoms with Crippen LogP contribution in [0, 0.1) is 12.3 Å². The first kappa shape index (κ1) is 38.0. The van der Waals surface area contributed by atoms with E-state index in [1.165, 1.54) is 11.1 Å². The molecular weight excluding hydrogens is 639 g/mol. The van der Waals surface area contributed by atoms with Crippen molar-refractivity contribution in [2.75, 3.05) is 18.0 Å². The second-order valence-electron chi connectivity index (χ2n) is 9.19. The van der Waals surface area contributed by atoms with Crippen LogP contribution in [0.3, 0.4) is 0 Å². The third-order valence-electron chi connectivity index (χ3n) is 5.88. The van der Waals surface area contributed by atoms with Gasteiger partial charge in [0.1, 0.15) is 0 Å². The first-order valence-corrected chi connectivity index (χ1v) is 15.4. The van der Waals surface area contributed by atoms with Crippen LogP contribution in [0.5, 0.6) is 0 Å². The molecule has 0 aliphatic heterocycles. The van der Waals surface area contributed by atoms with Gasteiger partial charge < -0.3 is 21.4 Å². The Hall–Kier alpha value is -3.99. The highest BCUT2D eigenvalue weighted by Crippen LogP contribution is 2.09. The van der Waals surface area contributed by atoms with Gasteiger partial charge >= 0.3 is 0 Å². The number of halogens is 2. The van der Waals surface area contributed by atoms with E-state index in [1.54, 1.807) is 35.1 Å². The predicted molar refractivity (Wildman–Crippen MR) is 184 cm³/mol. The zero-order chi connectivity index (χ0) is 29.8. The molecule has 0 aromatic carbocycles. The Bertz CT molecular complexity index is 1500. The van der Waals surface area contributed by atoms with Crippen molar-refractivity contribution in [3.8, 4) is 12.3 Å². The number of terminal acetylenes is 1. The van der Waals surface area contributed by atoms with E-state index in [2.05, 4.69) is 68.4 Å². The minimum absolute atomic E-state index is 0. The van der Waals surface area contributed by atoms with Crippen LogP contribution in [0.1, 0.15) is 47.5 Å². The average molecular weight is 678 g/mol. The number of hydrogen-bond donors (Lipinski definition) is 4. The highest BCUT2D eigenvalue weighted by Gasteiger charge is 2.03. The summed E-state index contributed by atoms with van der Waals surface area (Å²) < 4.78 is 1.92. The largest absolute Gasteiger partial charge is 0.369 e. The quantitative estimate of drug-likeness (QED) is 0.0364. The normalized spacial score (nSPS) is 9.61. The number of anilines is 2.